The summed E-state index contributed by atoms with van der Waals surface area (Å²) in [4.78, 5) is 12.1. The van der Waals surface area contributed by atoms with E-state index in [0.717, 1.165) is 27.7 Å². The largest absolute Gasteiger partial charge is 0.458 e. The standard InChI is InChI=1S/C27H30FNO3/c1-17(2)29-24-8-6-5-7-23(24)27(19-9-11-20(28)12-10-19)25(29)14-13-21-15-22(31-18(3)4)16-26(30)32-21/h5-14,17-18,21-22H,15-16H2,1-4H3/b14-13+. The maximum atomic E-state index is 13.6. The molecular weight excluding hydrogens is 405 g/mol. The molecule has 0 radical (unpaired) electrons. The predicted octanol–water partition coefficient (Wildman–Crippen LogP) is 6.54. The molecule has 1 fully saturated rings. The average molecular weight is 436 g/mol. The maximum Gasteiger partial charge on any atom is 0.309 e. The van der Waals surface area contributed by atoms with Crippen molar-refractivity contribution in [2.24, 2.45) is 0 Å². The number of para-hydroxylation sites is 1. The Balaban J connectivity index is 1.79. The molecule has 3 aromatic rings. The van der Waals surface area contributed by atoms with Crippen molar-refractivity contribution in [3.8, 4) is 11.1 Å². The number of ether oxygens (including phenoxy) is 2. The van der Waals surface area contributed by atoms with Crippen LogP contribution in [-0.2, 0) is 14.3 Å². The molecule has 4 nitrogen and oxygen atoms in total. The summed E-state index contributed by atoms with van der Waals surface area (Å²) in [6.07, 6.45) is 4.48. The molecule has 0 bridgehead atoms. The zero-order valence-electron chi connectivity index (χ0n) is 19.0. The van der Waals surface area contributed by atoms with Crippen LogP contribution in [0.5, 0.6) is 0 Å². The highest BCUT2D eigenvalue weighted by Crippen LogP contribution is 2.38. The number of nitrogens with zero attached hydrogens (tertiary/aromatic N) is 1. The number of hydrogen-bond donors (Lipinski definition) is 0. The van der Waals surface area contributed by atoms with Gasteiger partial charge in [0.05, 0.1) is 18.6 Å². The van der Waals surface area contributed by atoms with Gasteiger partial charge in [0.25, 0.3) is 0 Å². The Morgan fingerprint density at radius 3 is 2.50 bits per heavy atom. The molecule has 1 aromatic heterocycles. The first kappa shape index (κ1) is 22.3. The third-order valence-corrected chi connectivity index (χ3v) is 5.70. The third kappa shape index (κ3) is 4.63. The SMILES string of the molecule is CC(C)OC1CC(=O)OC(/C=C/c2c(-c3ccc(F)cc3)c3ccccc3n2C(C)C)C1. The van der Waals surface area contributed by atoms with Crippen molar-refractivity contribution in [1.29, 1.82) is 0 Å². The molecule has 1 saturated heterocycles. The van der Waals surface area contributed by atoms with Crippen LogP contribution in [-0.4, -0.2) is 28.8 Å². The van der Waals surface area contributed by atoms with Gasteiger partial charge in [0.1, 0.15) is 11.9 Å². The second-order valence-corrected chi connectivity index (χ2v) is 8.88. The van der Waals surface area contributed by atoms with Gasteiger partial charge in [-0.25, -0.2) is 4.39 Å². The van der Waals surface area contributed by atoms with Crippen LogP contribution in [0, 0.1) is 5.82 Å². The monoisotopic (exact) mass is 435 g/mol. The lowest BCUT2D eigenvalue weighted by atomic mass is 10.00. The normalized spacial score (nSPS) is 19.4. The minimum absolute atomic E-state index is 0.0593. The van der Waals surface area contributed by atoms with Crippen LogP contribution in [0.4, 0.5) is 4.39 Å². The smallest absolute Gasteiger partial charge is 0.309 e. The van der Waals surface area contributed by atoms with Gasteiger partial charge in [-0.3, -0.25) is 4.79 Å². The van der Waals surface area contributed by atoms with Crippen LogP contribution in [0.1, 0.15) is 52.3 Å². The molecule has 2 unspecified atom stereocenters. The van der Waals surface area contributed by atoms with Crippen LogP contribution in [0.3, 0.4) is 0 Å². The summed E-state index contributed by atoms with van der Waals surface area (Å²) in [7, 11) is 0. The summed E-state index contributed by atoms with van der Waals surface area (Å²) in [6.45, 7) is 8.23. The number of rotatable bonds is 6. The fourth-order valence-corrected chi connectivity index (χ4v) is 4.52. The van der Waals surface area contributed by atoms with Crippen LogP contribution in [0.2, 0.25) is 0 Å². The number of benzene rings is 2. The van der Waals surface area contributed by atoms with E-state index in [4.69, 9.17) is 9.47 Å². The second-order valence-electron chi connectivity index (χ2n) is 8.88. The molecule has 0 amide bonds. The van der Waals surface area contributed by atoms with E-state index < -0.39 is 0 Å². The summed E-state index contributed by atoms with van der Waals surface area (Å²) in [5.41, 5.74) is 4.12. The average Bonchev–Trinajstić information content (AvgIpc) is 3.06. The number of cyclic esters (lactones) is 1. The summed E-state index contributed by atoms with van der Waals surface area (Å²) >= 11 is 0. The van der Waals surface area contributed by atoms with Crippen molar-refractivity contribution in [2.45, 2.75) is 64.9 Å². The van der Waals surface area contributed by atoms with Crippen LogP contribution >= 0.6 is 0 Å². The molecule has 1 aliphatic rings. The zero-order chi connectivity index (χ0) is 22.8. The number of aromatic nitrogens is 1. The van der Waals surface area contributed by atoms with Crippen molar-refractivity contribution in [3.05, 3.63) is 66.1 Å². The molecule has 0 aliphatic carbocycles. The molecule has 0 spiro atoms. The fourth-order valence-electron chi connectivity index (χ4n) is 4.52. The van der Waals surface area contributed by atoms with E-state index in [1.54, 1.807) is 0 Å². The van der Waals surface area contributed by atoms with Crippen molar-refractivity contribution in [2.75, 3.05) is 0 Å². The molecule has 168 valence electrons. The van der Waals surface area contributed by atoms with Crippen molar-refractivity contribution >= 4 is 22.9 Å². The second kappa shape index (κ2) is 9.29. The number of fused-ring (bicyclic) bond motifs is 1. The van der Waals surface area contributed by atoms with E-state index in [2.05, 4.69) is 30.5 Å². The van der Waals surface area contributed by atoms with Crippen molar-refractivity contribution in [3.63, 3.8) is 0 Å². The minimum Gasteiger partial charge on any atom is -0.458 e. The van der Waals surface area contributed by atoms with E-state index >= 15 is 0 Å². The Morgan fingerprint density at radius 1 is 1.09 bits per heavy atom. The maximum absolute atomic E-state index is 13.6. The summed E-state index contributed by atoms with van der Waals surface area (Å²) in [6, 6.07) is 15.1. The molecule has 5 heteroatoms. The lowest BCUT2D eigenvalue weighted by Crippen LogP contribution is -2.34. The lowest BCUT2D eigenvalue weighted by molar-refractivity contribution is -0.161. The molecular formula is C27H30FNO3. The van der Waals surface area contributed by atoms with Gasteiger partial charge in [-0.05, 0) is 63.6 Å². The zero-order valence-corrected chi connectivity index (χ0v) is 19.0. The van der Waals surface area contributed by atoms with Gasteiger partial charge in [0.15, 0.2) is 0 Å². The van der Waals surface area contributed by atoms with Crippen molar-refractivity contribution < 1.29 is 18.7 Å². The van der Waals surface area contributed by atoms with Crippen molar-refractivity contribution in [1.82, 2.24) is 4.57 Å². The third-order valence-electron chi connectivity index (χ3n) is 5.70. The Kier molecular flexibility index (Phi) is 6.47. The molecule has 32 heavy (non-hydrogen) atoms. The topological polar surface area (TPSA) is 40.5 Å². The predicted molar refractivity (Wildman–Crippen MR) is 126 cm³/mol. The Hall–Kier alpha value is -2.92. The van der Waals surface area contributed by atoms with Gasteiger partial charge in [-0.15, -0.1) is 0 Å². The van der Waals surface area contributed by atoms with Crippen LogP contribution < -0.4 is 0 Å². The van der Waals surface area contributed by atoms with E-state index in [9.17, 15) is 9.18 Å². The van der Waals surface area contributed by atoms with Gasteiger partial charge in [-0.1, -0.05) is 30.3 Å². The molecule has 4 rings (SSSR count). The Morgan fingerprint density at radius 2 is 1.81 bits per heavy atom. The van der Waals surface area contributed by atoms with Gasteiger partial charge in [-0.2, -0.15) is 0 Å². The van der Waals surface area contributed by atoms with Gasteiger partial charge in [0.2, 0.25) is 0 Å². The highest BCUT2D eigenvalue weighted by atomic mass is 19.1. The van der Waals surface area contributed by atoms with E-state index in [-0.39, 0.29) is 42.6 Å². The Labute approximate surface area is 188 Å². The summed E-state index contributed by atoms with van der Waals surface area (Å²) in [5, 5.41) is 1.11. The van der Waals surface area contributed by atoms with E-state index in [1.165, 1.54) is 12.1 Å². The summed E-state index contributed by atoms with van der Waals surface area (Å²) < 4.78 is 27.4. The van der Waals surface area contributed by atoms with E-state index in [1.807, 2.05) is 50.3 Å². The molecule has 2 heterocycles. The highest BCUT2D eigenvalue weighted by Gasteiger charge is 2.28. The molecule has 0 saturated carbocycles. The summed E-state index contributed by atoms with van der Waals surface area (Å²) in [5.74, 6) is -0.497. The number of hydrogen-bond acceptors (Lipinski definition) is 3. The highest BCUT2D eigenvalue weighted by molar-refractivity contribution is 6.01. The number of esters is 1. The van der Waals surface area contributed by atoms with Crippen LogP contribution in [0.15, 0.2) is 54.6 Å². The Bertz CT molecular complexity index is 1130. The molecule has 0 N–H and O–H groups in total. The minimum atomic E-state index is -0.348. The lowest BCUT2D eigenvalue weighted by Gasteiger charge is -2.28. The van der Waals surface area contributed by atoms with Gasteiger partial charge in [0, 0.05) is 34.6 Å². The van der Waals surface area contributed by atoms with Gasteiger partial charge >= 0.3 is 5.97 Å². The quantitative estimate of drug-likeness (QED) is 0.413. The first-order chi connectivity index (χ1) is 15.3. The molecule has 2 atom stereocenters. The first-order valence-electron chi connectivity index (χ1n) is 11.3. The number of halogens is 1. The molecule has 1 aliphatic heterocycles. The number of carbonyl (C=O) groups excluding carboxylic acids is 1. The van der Waals surface area contributed by atoms with Gasteiger partial charge < -0.3 is 14.0 Å². The number of carbonyl (C=O) groups is 1. The fraction of sp³-hybridized carbons (Fsp3) is 0.370. The van der Waals surface area contributed by atoms with E-state index in [0.29, 0.717) is 6.42 Å². The van der Waals surface area contributed by atoms with Crippen LogP contribution in [0.25, 0.3) is 28.1 Å². The first-order valence-corrected chi connectivity index (χ1v) is 11.3. The molecule has 2 aromatic carbocycles.